The van der Waals surface area contributed by atoms with E-state index in [0.717, 1.165) is 10.3 Å². The standard InChI is InChI=1S/C14H11BrN2O3/c1-8-10(3-5-13(15)16-8)17-14(18)9-2-4-11-12(6-9)20-7-19-11/h2-6H,7H2,1H3,(H,17,18). The quantitative estimate of drug-likeness (QED) is 0.857. The normalized spacial score (nSPS) is 12.3. The molecule has 0 saturated carbocycles. The number of anilines is 1. The van der Waals surface area contributed by atoms with E-state index in [0.29, 0.717) is 22.7 Å². The lowest BCUT2D eigenvalue weighted by atomic mass is 10.2. The molecule has 3 rings (SSSR count). The van der Waals surface area contributed by atoms with Crippen LogP contribution in [0.5, 0.6) is 11.5 Å². The van der Waals surface area contributed by atoms with Crippen LogP contribution in [0.15, 0.2) is 34.9 Å². The van der Waals surface area contributed by atoms with Crippen molar-refractivity contribution < 1.29 is 14.3 Å². The van der Waals surface area contributed by atoms with E-state index in [-0.39, 0.29) is 12.7 Å². The van der Waals surface area contributed by atoms with E-state index in [1.54, 1.807) is 30.3 Å². The van der Waals surface area contributed by atoms with Gasteiger partial charge in [-0.25, -0.2) is 4.98 Å². The number of hydrogen-bond donors (Lipinski definition) is 1. The zero-order valence-electron chi connectivity index (χ0n) is 10.6. The first kappa shape index (κ1) is 12.9. The van der Waals surface area contributed by atoms with Crippen molar-refractivity contribution in [1.82, 2.24) is 4.98 Å². The molecule has 1 aliphatic rings. The molecule has 1 amide bonds. The van der Waals surface area contributed by atoms with Crippen molar-refractivity contribution in [2.75, 3.05) is 12.1 Å². The molecule has 20 heavy (non-hydrogen) atoms. The van der Waals surface area contributed by atoms with Crippen molar-refractivity contribution in [3.63, 3.8) is 0 Å². The Labute approximate surface area is 124 Å². The summed E-state index contributed by atoms with van der Waals surface area (Å²) in [5, 5.41) is 2.83. The molecule has 0 spiro atoms. The zero-order chi connectivity index (χ0) is 14.1. The fourth-order valence-electron chi connectivity index (χ4n) is 1.89. The maximum atomic E-state index is 12.2. The molecule has 0 unspecified atom stereocenters. The number of benzene rings is 1. The van der Waals surface area contributed by atoms with Gasteiger partial charge in [-0.3, -0.25) is 4.79 Å². The highest BCUT2D eigenvalue weighted by Gasteiger charge is 2.16. The third-order valence-electron chi connectivity index (χ3n) is 2.93. The number of rotatable bonds is 2. The minimum Gasteiger partial charge on any atom is -0.454 e. The first-order valence-electron chi connectivity index (χ1n) is 5.97. The predicted molar refractivity (Wildman–Crippen MR) is 77.2 cm³/mol. The number of fused-ring (bicyclic) bond motifs is 1. The van der Waals surface area contributed by atoms with Gasteiger partial charge in [-0.2, -0.15) is 0 Å². The number of aromatic nitrogens is 1. The first-order chi connectivity index (χ1) is 9.63. The number of hydrogen-bond acceptors (Lipinski definition) is 4. The Morgan fingerprint density at radius 3 is 2.85 bits per heavy atom. The molecule has 1 aliphatic heterocycles. The summed E-state index contributed by atoms with van der Waals surface area (Å²) in [4.78, 5) is 16.4. The Hall–Kier alpha value is -2.08. The smallest absolute Gasteiger partial charge is 0.255 e. The lowest BCUT2D eigenvalue weighted by Crippen LogP contribution is -2.13. The molecule has 1 aromatic heterocycles. The summed E-state index contributed by atoms with van der Waals surface area (Å²) in [6, 6.07) is 8.67. The zero-order valence-corrected chi connectivity index (χ0v) is 12.2. The third-order valence-corrected chi connectivity index (χ3v) is 3.38. The fourth-order valence-corrected chi connectivity index (χ4v) is 2.29. The van der Waals surface area contributed by atoms with Crippen LogP contribution in [0, 0.1) is 6.92 Å². The summed E-state index contributed by atoms with van der Waals surface area (Å²) in [5.41, 5.74) is 1.93. The molecule has 0 fully saturated rings. The topological polar surface area (TPSA) is 60.5 Å². The molecule has 5 nitrogen and oxygen atoms in total. The molecule has 2 heterocycles. The highest BCUT2D eigenvalue weighted by Crippen LogP contribution is 2.32. The van der Waals surface area contributed by atoms with E-state index in [9.17, 15) is 4.79 Å². The van der Waals surface area contributed by atoms with E-state index in [1.807, 2.05) is 6.92 Å². The number of halogens is 1. The largest absolute Gasteiger partial charge is 0.454 e. The minimum atomic E-state index is -0.212. The second-order valence-electron chi connectivity index (χ2n) is 4.29. The summed E-state index contributed by atoms with van der Waals surface area (Å²) >= 11 is 3.29. The molecular weight excluding hydrogens is 324 g/mol. The van der Waals surface area contributed by atoms with Crippen LogP contribution in [0.3, 0.4) is 0 Å². The number of ether oxygens (including phenoxy) is 2. The van der Waals surface area contributed by atoms with Crippen LogP contribution >= 0.6 is 15.9 Å². The van der Waals surface area contributed by atoms with Crippen molar-refractivity contribution in [1.29, 1.82) is 0 Å². The van der Waals surface area contributed by atoms with Crippen molar-refractivity contribution in [3.8, 4) is 11.5 Å². The number of aryl methyl sites for hydroxylation is 1. The molecule has 0 aliphatic carbocycles. The number of nitrogens with one attached hydrogen (secondary N) is 1. The summed E-state index contributed by atoms with van der Waals surface area (Å²) in [6.45, 7) is 2.02. The lowest BCUT2D eigenvalue weighted by Gasteiger charge is -2.08. The lowest BCUT2D eigenvalue weighted by molar-refractivity contribution is 0.102. The highest BCUT2D eigenvalue weighted by molar-refractivity contribution is 9.10. The summed E-state index contributed by atoms with van der Waals surface area (Å²) in [6.07, 6.45) is 0. The van der Waals surface area contributed by atoms with Crippen molar-refractivity contribution in [3.05, 3.63) is 46.2 Å². The van der Waals surface area contributed by atoms with Crippen LogP contribution in [0.4, 0.5) is 5.69 Å². The van der Waals surface area contributed by atoms with Gasteiger partial charge in [-0.15, -0.1) is 0 Å². The molecule has 1 aromatic carbocycles. The van der Waals surface area contributed by atoms with Gasteiger partial charge in [0.25, 0.3) is 5.91 Å². The second-order valence-corrected chi connectivity index (χ2v) is 5.10. The first-order valence-corrected chi connectivity index (χ1v) is 6.77. The van der Waals surface area contributed by atoms with Crippen molar-refractivity contribution in [2.24, 2.45) is 0 Å². The number of amides is 1. The summed E-state index contributed by atoms with van der Waals surface area (Å²) in [7, 11) is 0. The Balaban J connectivity index is 1.82. The molecule has 2 aromatic rings. The molecule has 0 radical (unpaired) electrons. The molecule has 0 bridgehead atoms. The number of pyridine rings is 1. The Kier molecular flexibility index (Phi) is 3.31. The van der Waals surface area contributed by atoms with E-state index in [1.165, 1.54) is 0 Å². The average Bonchev–Trinajstić information content (AvgIpc) is 2.89. The molecule has 0 atom stereocenters. The SMILES string of the molecule is Cc1nc(Br)ccc1NC(=O)c1ccc2c(c1)OCO2. The maximum Gasteiger partial charge on any atom is 0.255 e. The van der Waals surface area contributed by atoms with E-state index < -0.39 is 0 Å². The van der Waals surface area contributed by atoms with Gasteiger partial charge >= 0.3 is 0 Å². The highest BCUT2D eigenvalue weighted by atomic mass is 79.9. The van der Waals surface area contributed by atoms with Gasteiger partial charge in [-0.1, -0.05) is 0 Å². The van der Waals surface area contributed by atoms with Gasteiger partial charge in [0, 0.05) is 5.56 Å². The summed E-state index contributed by atoms with van der Waals surface area (Å²) < 4.78 is 11.2. The van der Waals surface area contributed by atoms with Crippen LogP contribution < -0.4 is 14.8 Å². The van der Waals surface area contributed by atoms with Crippen molar-refractivity contribution in [2.45, 2.75) is 6.92 Å². The predicted octanol–water partition coefficient (Wildman–Crippen LogP) is 3.13. The third kappa shape index (κ3) is 2.46. The monoisotopic (exact) mass is 334 g/mol. The maximum absolute atomic E-state index is 12.2. The Morgan fingerprint density at radius 1 is 1.25 bits per heavy atom. The van der Waals surface area contributed by atoms with Crippen LogP contribution in [0.1, 0.15) is 16.1 Å². The van der Waals surface area contributed by atoms with Gasteiger partial charge in [0.15, 0.2) is 11.5 Å². The van der Waals surface area contributed by atoms with Gasteiger partial charge in [-0.05, 0) is 53.2 Å². The second kappa shape index (κ2) is 5.13. The number of carbonyl (C=O) groups is 1. The molecular formula is C14H11BrN2O3. The molecule has 6 heteroatoms. The van der Waals surface area contributed by atoms with Crippen LogP contribution in [-0.2, 0) is 0 Å². The van der Waals surface area contributed by atoms with E-state index in [2.05, 4.69) is 26.2 Å². The summed E-state index contributed by atoms with van der Waals surface area (Å²) in [5.74, 6) is 1.03. The van der Waals surface area contributed by atoms with Crippen molar-refractivity contribution >= 4 is 27.5 Å². The number of nitrogens with zero attached hydrogens (tertiary/aromatic N) is 1. The fraction of sp³-hybridized carbons (Fsp3) is 0.143. The van der Waals surface area contributed by atoms with Crippen LogP contribution in [0.25, 0.3) is 0 Å². The average molecular weight is 335 g/mol. The minimum absolute atomic E-state index is 0.191. The molecule has 0 saturated heterocycles. The van der Waals surface area contributed by atoms with Gasteiger partial charge in [0.2, 0.25) is 6.79 Å². The Morgan fingerprint density at radius 2 is 2.05 bits per heavy atom. The number of carbonyl (C=O) groups excluding carboxylic acids is 1. The molecule has 1 N–H and O–H groups in total. The Bertz CT molecular complexity index is 688. The van der Waals surface area contributed by atoms with E-state index >= 15 is 0 Å². The van der Waals surface area contributed by atoms with Gasteiger partial charge < -0.3 is 14.8 Å². The van der Waals surface area contributed by atoms with Gasteiger partial charge in [0.05, 0.1) is 11.4 Å². The van der Waals surface area contributed by atoms with Gasteiger partial charge in [0.1, 0.15) is 4.60 Å². The molecule has 102 valence electrons. The van der Waals surface area contributed by atoms with Crippen LogP contribution in [-0.4, -0.2) is 17.7 Å². The van der Waals surface area contributed by atoms with E-state index in [4.69, 9.17) is 9.47 Å². The van der Waals surface area contributed by atoms with Crippen LogP contribution in [0.2, 0.25) is 0 Å².